The van der Waals surface area contributed by atoms with Crippen molar-refractivity contribution in [2.24, 2.45) is 0 Å². The predicted molar refractivity (Wildman–Crippen MR) is 57.2 cm³/mol. The van der Waals surface area contributed by atoms with E-state index in [0.29, 0.717) is 0 Å². The summed E-state index contributed by atoms with van der Waals surface area (Å²) >= 11 is 0. The molecule has 0 fully saturated rings. The van der Waals surface area contributed by atoms with Crippen molar-refractivity contribution < 1.29 is 25.8 Å². The Morgan fingerprint density at radius 3 is 1.46 bits per heavy atom. The molecule has 0 aromatic carbocycles. The Bertz CT molecular complexity index is 61.5. The molecule has 0 bridgehead atoms. The standard InChI is InChI=1S/C12H25.Sc/c1-3-5-7-9-11-12-10-8-6-4-2;/h1,3-12H2,2H3;. The van der Waals surface area contributed by atoms with E-state index in [1.165, 1.54) is 57.8 Å². The quantitative estimate of drug-likeness (QED) is 0.486. The molecule has 0 rings (SSSR count). The van der Waals surface area contributed by atoms with E-state index in [-0.39, 0.29) is 25.8 Å². The third-order valence-electron chi connectivity index (χ3n) is 2.35. The fourth-order valence-electron chi connectivity index (χ4n) is 1.49. The maximum absolute atomic E-state index is 3.84. The largest absolute Gasteiger partial charge is 0.0654 e. The van der Waals surface area contributed by atoms with Gasteiger partial charge in [0.15, 0.2) is 0 Å². The molecule has 0 aliphatic rings. The fourth-order valence-corrected chi connectivity index (χ4v) is 1.49. The minimum atomic E-state index is 0. The van der Waals surface area contributed by atoms with E-state index in [1.807, 2.05) is 0 Å². The Kier molecular flexibility index (Phi) is 19.2. The van der Waals surface area contributed by atoms with Crippen molar-refractivity contribution in [1.29, 1.82) is 0 Å². The maximum atomic E-state index is 3.84. The normalized spacial score (nSPS) is 9.69. The first kappa shape index (κ1) is 16.3. The molecular weight excluding hydrogens is 189 g/mol. The molecule has 0 atom stereocenters. The number of hydrogen-bond donors (Lipinski definition) is 0. The van der Waals surface area contributed by atoms with Crippen LogP contribution in [0.3, 0.4) is 0 Å². The second kappa shape index (κ2) is 15.3. The van der Waals surface area contributed by atoms with Gasteiger partial charge in [-0.1, -0.05) is 78.1 Å². The molecular formula is C12H25Sc. The van der Waals surface area contributed by atoms with Gasteiger partial charge in [-0.15, -0.1) is 0 Å². The van der Waals surface area contributed by atoms with E-state index in [2.05, 4.69) is 13.8 Å². The van der Waals surface area contributed by atoms with E-state index in [1.54, 1.807) is 0 Å². The SMILES string of the molecule is [CH2]CCCCCCCCCCC.[Sc]. The summed E-state index contributed by atoms with van der Waals surface area (Å²) in [5.74, 6) is 0. The molecule has 0 spiro atoms. The van der Waals surface area contributed by atoms with Gasteiger partial charge in [-0.3, -0.25) is 0 Å². The molecule has 1 heteroatoms. The predicted octanol–water partition coefficient (Wildman–Crippen LogP) is 4.74. The number of unbranched alkanes of at least 4 members (excludes halogenated alkanes) is 9. The summed E-state index contributed by atoms with van der Waals surface area (Å²) in [6.07, 6.45) is 13.9. The third-order valence-corrected chi connectivity index (χ3v) is 2.35. The van der Waals surface area contributed by atoms with E-state index in [9.17, 15) is 0 Å². The Labute approximate surface area is 104 Å². The van der Waals surface area contributed by atoms with Crippen LogP contribution in [0, 0.1) is 6.92 Å². The van der Waals surface area contributed by atoms with Crippen LogP contribution in [0.2, 0.25) is 0 Å². The first-order valence-corrected chi connectivity index (χ1v) is 5.71. The minimum Gasteiger partial charge on any atom is -0.0654 e. The van der Waals surface area contributed by atoms with Crippen LogP contribution in [-0.2, 0) is 25.8 Å². The van der Waals surface area contributed by atoms with Gasteiger partial charge in [0.2, 0.25) is 0 Å². The third kappa shape index (κ3) is 15.6. The van der Waals surface area contributed by atoms with Crippen LogP contribution in [0.5, 0.6) is 0 Å². The molecule has 0 aromatic heterocycles. The summed E-state index contributed by atoms with van der Waals surface area (Å²) in [7, 11) is 0. The van der Waals surface area contributed by atoms with Crippen LogP contribution in [-0.4, -0.2) is 0 Å². The average Bonchev–Trinajstić information content (AvgIpc) is 2.10. The van der Waals surface area contributed by atoms with E-state index < -0.39 is 0 Å². The molecule has 0 unspecified atom stereocenters. The van der Waals surface area contributed by atoms with Crippen LogP contribution in [0.4, 0.5) is 0 Å². The smallest absolute Gasteiger partial charge is 0 e. The Morgan fingerprint density at radius 2 is 1.08 bits per heavy atom. The first-order chi connectivity index (χ1) is 5.91. The minimum absolute atomic E-state index is 0. The van der Waals surface area contributed by atoms with E-state index in [4.69, 9.17) is 0 Å². The number of rotatable bonds is 9. The van der Waals surface area contributed by atoms with Crippen LogP contribution in [0.25, 0.3) is 0 Å². The van der Waals surface area contributed by atoms with Gasteiger partial charge < -0.3 is 0 Å². The molecule has 0 aliphatic carbocycles. The molecule has 0 aromatic rings. The summed E-state index contributed by atoms with van der Waals surface area (Å²) in [5.41, 5.74) is 0. The zero-order chi connectivity index (χ0) is 9.07. The van der Waals surface area contributed by atoms with Gasteiger partial charge in [0, 0.05) is 25.8 Å². The van der Waals surface area contributed by atoms with Crippen molar-refractivity contribution in [3.05, 3.63) is 6.92 Å². The van der Waals surface area contributed by atoms with Gasteiger partial charge in [-0.2, -0.15) is 0 Å². The zero-order valence-corrected chi connectivity index (χ0v) is 11.2. The molecule has 0 heterocycles. The first-order valence-electron chi connectivity index (χ1n) is 5.71. The molecule has 0 nitrogen and oxygen atoms in total. The van der Waals surface area contributed by atoms with Gasteiger partial charge in [-0.25, -0.2) is 0 Å². The summed E-state index contributed by atoms with van der Waals surface area (Å²) in [4.78, 5) is 0. The molecule has 0 N–H and O–H groups in total. The zero-order valence-electron chi connectivity index (χ0n) is 9.36. The number of hydrogen-bond acceptors (Lipinski definition) is 0. The van der Waals surface area contributed by atoms with Gasteiger partial charge >= 0.3 is 0 Å². The van der Waals surface area contributed by atoms with Crippen molar-refractivity contribution in [3.8, 4) is 0 Å². The molecule has 0 saturated heterocycles. The van der Waals surface area contributed by atoms with Gasteiger partial charge in [0.05, 0.1) is 0 Å². The molecule has 0 saturated carbocycles. The Balaban J connectivity index is 0. The molecule has 0 amide bonds. The average molecular weight is 214 g/mol. The van der Waals surface area contributed by atoms with Crippen LogP contribution in [0.1, 0.15) is 71.1 Å². The summed E-state index contributed by atoms with van der Waals surface area (Å²) in [5, 5.41) is 0. The van der Waals surface area contributed by atoms with Gasteiger partial charge in [0.1, 0.15) is 0 Å². The van der Waals surface area contributed by atoms with Crippen molar-refractivity contribution in [3.63, 3.8) is 0 Å². The monoisotopic (exact) mass is 214 g/mol. The van der Waals surface area contributed by atoms with Crippen molar-refractivity contribution >= 4 is 0 Å². The van der Waals surface area contributed by atoms with Crippen LogP contribution < -0.4 is 0 Å². The molecule has 76 valence electrons. The Hall–Kier alpha value is 0.870. The summed E-state index contributed by atoms with van der Waals surface area (Å²) < 4.78 is 0. The molecule has 13 heavy (non-hydrogen) atoms. The molecule has 2 radical (unpaired) electrons. The van der Waals surface area contributed by atoms with E-state index in [0.717, 1.165) is 6.42 Å². The summed E-state index contributed by atoms with van der Waals surface area (Å²) in [6, 6.07) is 0. The van der Waals surface area contributed by atoms with Crippen molar-refractivity contribution in [1.82, 2.24) is 0 Å². The molecule has 0 aliphatic heterocycles. The van der Waals surface area contributed by atoms with Crippen molar-refractivity contribution in [2.45, 2.75) is 71.1 Å². The topological polar surface area (TPSA) is 0 Å². The van der Waals surface area contributed by atoms with Crippen LogP contribution in [0.15, 0.2) is 0 Å². The fraction of sp³-hybridized carbons (Fsp3) is 0.917. The van der Waals surface area contributed by atoms with Gasteiger partial charge in [-0.05, 0) is 0 Å². The Morgan fingerprint density at radius 1 is 0.692 bits per heavy atom. The second-order valence-corrected chi connectivity index (χ2v) is 3.68. The van der Waals surface area contributed by atoms with Crippen LogP contribution >= 0.6 is 0 Å². The second-order valence-electron chi connectivity index (χ2n) is 3.68. The van der Waals surface area contributed by atoms with Gasteiger partial charge in [0.25, 0.3) is 0 Å². The van der Waals surface area contributed by atoms with Crippen molar-refractivity contribution in [2.75, 3.05) is 0 Å². The van der Waals surface area contributed by atoms with E-state index >= 15 is 0 Å². The summed E-state index contributed by atoms with van der Waals surface area (Å²) in [6.45, 7) is 6.12. The maximum Gasteiger partial charge on any atom is 0 e.